The Morgan fingerprint density at radius 2 is 1.96 bits per heavy atom. The van der Waals surface area contributed by atoms with E-state index in [1.54, 1.807) is 12.4 Å². The zero-order valence-electron chi connectivity index (χ0n) is 15.6. The number of hydrogen-bond acceptors (Lipinski definition) is 5. The zero-order valence-corrected chi connectivity index (χ0v) is 15.6. The lowest BCUT2D eigenvalue weighted by atomic mass is 9.84. The Morgan fingerprint density at radius 1 is 1.19 bits per heavy atom. The first-order valence-electron chi connectivity index (χ1n) is 9.88. The molecule has 7 heteroatoms. The van der Waals surface area contributed by atoms with Crippen LogP contribution in [-0.2, 0) is 20.7 Å². The molecule has 3 atom stereocenters. The van der Waals surface area contributed by atoms with E-state index in [-0.39, 0.29) is 42.6 Å². The van der Waals surface area contributed by atoms with Gasteiger partial charge in [0.2, 0.25) is 11.8 Å². The summed E-state index contributed by atoms with van der Waals surface area (Å²) in [7, 11) is 0. The van der Waals surface area contributed by atoms with Crippen LogP contribution in [0.1, 0.15) is 44.1 Å². The van der Waals surface area contributed by atoms with Gasteiger partial charge in [-0.05, 0) is 49.8 Å². The van der Waals surface area contributed by atoms with Crippen molar-refractivity contribution < 1.29 is 19.4 Å². The molecule has 1 aliphatic heterocycles. The van der Waals surface area contributed by atoms with Crippen molar-refractivity contribution in [1.82, 2.24) is 15.6 Å². The Kier molecular flexibility index (Phi) is 7.18. The van der Waals surface area contributed by atoms with Crippen LogP contribution in [0.2, 0.25) is 0 Å². The van der Waals surface area contributed by atoms with E-state index >= 15 is 0 Å². The van der Waals surface area contributed by atoms with Crippen LogP contribution in [0.25, 0.3) is 0 Å². The Balaban J connectivity index is 1.36. The van der Waals surface area contributed by atoms with Crippen LogP contribution in [0.15, 0.2) is 24.5 Å². The van der Waals surface area contributed by atoms with Gasteiger partial charge in [-0.25, -0.2) is 0 Å². The van der Waals surface area contributed by atoms with Crippen molar-refractivity contribution in [2.75, 3.05) is 13.2 Å². The number of hydrogen-bond donors (Lipinski definition) is 3. The fraction of sp³-hybridized carbons (Fsp3) is 0.650. The highest BCUT2D eigenvalue weighted by Gasteiger charge is 2.34. The van der Waals surface area contributed by atoms with E-state index in [4.69, 9.17) is 4.74 Å². The lowest BCUT2D eigenvalue weighted by Crippen LogP contribution is -2.53. The van der Waals surface area contributed by atoms with Crippen LogP contribution in [-0.4, -0.2) is 53.3 Å². The maximum Gasteiger partial charge on any atom is 0.224 e. The second kappa shape index (κ2) is 9.80. The molecular weight excluding hydrogens is 346 g/mol. The second-order valence-electron chi connectivity index (χ2n) is 7.47. The molecule has 3 N–H and O–H groups in total. The Bertz CT molecular complexity index is 621. The number of aliphatic hydroxyl groups is 1. The van der Waals surface area contributed by atoms with Gasteiger partial charge in [0.1, 0.15) is 6.10 Å². The summed E-state index contributed by atoms with van der Waals surface area (Å²) < 4.78 is 5.96. The van der Waals surface area contributed by atoms with Crippen LogP contribution in [0.4, 0.5) is 0 Å². The van der Waals surface area contributed by atoms with Gasteiger partial charge in [0.15, 0.2) is 0 Å². The summed E-state index contributed by atoms with van der Waals surface area (Å²) in [6.45, 7) is 0.423. The van der Waals surface area contributed by atoms with Gasteiger partial charge in [-0.15, -0.1) is 0 Å². The molecule has 2 aliphatic rings. The standard InChI is InChI=1S/C20H29N3O4/c24-13-18-17(23-20(26)15-2-1-3-15)5-4-16(27-18)8-11-22-19(25)12-14-6-9-21-10-7-14/h6-7,9-10,15-18,24H,1-5,8,11-13H2,(H,22,25)(H,23,26)/t16-,17-,18-/m0/s1. The van der Waals surface area contributed by atoms with Gasteiger partial charge in [0.25, 0.3) is 0 Å². The van der Waals surface area contributed by atoms with Gasteiger partial charge < -0.3 is 20.5 Å². The molecule has 3 rings (SSSR count). The van der Waals surface area contributed by atoms with Crippen molar-refractivity contribution >= 4 is 11.8 Å². The monoisotopic (exact) mass is 375 g/mol. The summed E-state index contributed by atoms with van der Waals surface area (Å²) in [4.78, 5) is 28.1. The van der Waals surface area contributed by atoms with Crippen molar-refractivity contribution in [3.63, 3.8) is 0 Å². The van der Waals surface area contributed by atoms with Crippen LogP contribution in [0.3, 0.4) is 0 Å². The van der Waals surface area contributed by atoms with Crippen molar-refractivity contribution in [1.29, 1.82) is 0 Å². The molecule has 2 fully saturated rings. The molecule has 2 amide bonds. The molecule has 0 radical (unpaired) electrons. The van der Waals surface area contributed by atoms with E-state index in [0.29, 0.717) is 19.4 Å². The number of pyridine rings is 1. The topological polar surface area (TPSA) is 101 Å². The number of carbonyl (C=O) groups excluding carboxylic acids is 2. The summed E-state index contributed by atoms with van der Waals surface area (Å²) in [6.07, 6.45) is 8.64. The number of carbonyl (C=O) groups is 2. The van der Waals surface area contributed by atoms with E-state index in [9.17, 15) is 14.7 Å². The first-order chi connectivity index (χ1) is 13.2. The molecule has 1 saturated heterocycles. The minimum Gasteiger partial charge on any atom is -0.394 e. The van der Waals surface area contributed by atoms with E-state index in [1.807, 2.05) is 12.1 Å². The second-order valence-corrected chi connectivity index (χ2v) is 7.47. The van der Waals surface area contributed by atoms with Crippen molar-refractivity contribution in [2.45, 2.75) is 63.2 Å². The Hall–Kier alpha value is -1.99. The molecule has 7 nitrogen and oxygen atoms in total. The van der Waals surface area contributed by atoms with E-state index < -0.39 is 0 Å². The molecule has 1 aromatic rings. The predicted octanol–water partition coefficient (Wildman–Crippen LogP) is 0.955. The van der Waals surface area contributed by atoms with Gasteiger partial charge >= 0.3 is 0 Å². The lowest BCUT2D eigenvalue weighted by molar-refractivity contribution is -0.134. The lowest BCUT2D eigenvalue weighted by Gasteiger charge is -2.37. The number of ether oxygens (including phenoxy) is 1. The number of aliphatic hydroxyl groups excluding tert-OH is 1. The molecule has 1 aromatic heterocycles. The minimum absolute atomic E-state index is 0.0137. The highest BCUT2D eigenvalue weighted by atomic mass is 16.5. The molecule has 148 valence electrons. The van der Waals surface area contributed by atoms with Crippen LogP contribution in [0.5, 0.6) is 0 Å². The molecule has 2 heterocycles. The van der Waals surface area contributed by atoms with Crippen molar-refractivity contribution in [2.24, 2.45) is 5.92 Å². The van der Waals surface area contributed by atoms with Crippen molar-refractivity contribution in [3.8, 4) is 0 Å². The first kappa shape index (κ1) is 19.8. The van der Waals surface area contributed by atoms with Gasteiger partial charge in [-0.2, -0.15) is 0 Å². The van der Waals surface area contributed by atoms with Gasteiger partial charge in [-0.1, -0.05) is 6.42 Å². The Morgan fingerprint density at radius 3 is 2.63 bits per heavy atom. The summed E-state index contributed by atoms with van der Waals surface area (Å²) in [5.41, 5.74) is 0.932. The summed E-state index contributed by atoms with van der Waals surface area (Å²) in [5.74, 6) is 0.203. The largest absolute Gasteiger partial charge is 0.394 e. The fourth-order valence-corrected chi connectivity index (χ4v) is 3.60. The molecule has 1 aliphatic carbocycles. The zero-order chi connectivity index (χ0) is 19.1. The number of rotatable bonds is 8. The van der Waals surface area contributed by atoms with E-state index in [2.05, 4.69) is 15.6 Å². The molecule has 0 bridgehead atoms. The molecule has 0 aromatic carbocycles. The summed E-state index contributed by atoms with van der Waals surface area (Å²) >= 11 is 0. The third-order valence-electron chi connectivity index (χ3n) is 5.50. The van der Waals surface area contributed by atoms with Crippen LogP contribution in [0, 0.1) is 5.92 Å². The minimum atomic E-state index is -0.375. The van der Waals surface area contributed by atoms with Crippen molar-refractivity contribution in [3.05, 3.63) is 30.1 Å². The van der Waals surface area contributed by atoms with Gasteiger partial charge in [0.05, 0.1) is 25.2 Å². The number of amides is 2. The predicted molar refractivity (Wildman–Crippen MR) is 99.8 cm³/mol. The third-order valence-corrected chi connectivity index (χ3v) is 5.50. The maximum atomic E-state index is 12.1. The fourth-order valence-electron chi connectivity index (χ4n) is 3.60. The molecule has 1 saturated carbocycles. The average Bonchev–Trinajstić information content (AvgIpc) is 2.62. The quantitative estimate of drug-likeness (QED) is 0.628. The van der Waals surface area contributed by atoms with E-state index in [0.717, 1.165) is 37.7 Å². The third kappa shape index (κ3) is 5.74. The first-order valence-corrected chi connectivity index (χ1v) is 9.88. The highest BCUT2D eigenvalue weighted by Crippen LogP contribution is 2.28. The molecule has 0 unspecified atom stereocenters. The van der Waals surface area contributed by atoms with E-state index in [1.165, 1.54) is 0 Å². The Labute approximate surface area is 159 Å². The van der Waals surface area contributed by atoms with Gasteiger partial charge in [0, 0.05) is 24.9 Å². The SMILES string of the molecule is O=C(Cc1ccncc1)NCC[C@@H]1CC[C@H](NC(=O)C2CCC2)[C@H](CO)O1. The molecule has 0 spiro atoms. The highest BCUT2D eigenvalue weighted by molar-refractivity contribution is 5.79. The number of aromatic nitrogens is 1. The number of nitrogens with zero attached hydrogens (tertiary/aromatic N) is 1. The van der Waals surface area contributed by atoms with Crippen LogP contribution >= 0.6 is 0 Å². The smallest absolute Gasteiger partial charge is 0.224 e. The molecule has 27 heavy (non-hydrogen) atoms. The van der Waals surface area contributed by atoms with Crippen LogP contribution < -0.4 is 10.6 Å². The summed E-state index contributed by atoms with van der Waals surface area (Å²) in [5, 5.41) is 15.6. The van der Waals surface area contributed by atoms with Gasteiger partial charge in [-0.3, -0.25) is 14.6 Å². The average molecular weight is 375 g/mol. The number of nitrogens with one attached hydrogen (secondary N) is 2. The normalized spacial score (nSPS) is 25.4. The summed E-state index contributed by atoms with van der Waals surface area (Å²) in [6, 6.07) is 3.53. The molecular formula is C20H29N3O4. The maximum absolute atomic E-state index is 12.1.